The zero-order chi connectivity index (χ0) is 14.9. The first-order valence-corrected chi connectivity index (χ1v) is 8.36. The molecule has 2 aliphatic heterocycles. The number of piperidine rings is 1. The quantitative estimate of drug-likeness (QED) is 0.738. The number of fused-ring (bicyclic) bond motifs is 1. The molecule has 0 aromatic heterocycles. The predicted octanol–water partition coefficient (Wildman–Crippen LogP) is 2.26. The highest BCUT2D eigenvalue weighted by Gasteiger charge is 2.70. The number of amidine groups is 1. The van der Waals surface area contributed by atoms with Gasteiger partial charge in [-0.2, -0.15) is 8.42 Å². The molecule has 4 rings (SSSR count). The maximum absolute atomic E-state index is 13.4. The lowest BCUT2D eigenvalue weighted by molar-refractivity contribution is 0.0413. The molecule has 1 aliphatic carbocycles. The van der Waals surface area contributed by atoms with Crippen LogP contribution in [0.15, 0.2) is 33.6 Å². The van der Waals surface area contributed by atoms with Crippen LogP contribution >= 0.6 is 0 Å². The summed E-state index contributed by atoms with van der Waals surface area (Å²) in [4.78, 5) is 2.03. The van der Waals surface area contributed by atoms with Crippen LogP contribution in [0.4, 0.5) is 8.78 Å². The largest absolute Gasteiger partial charge is 0.355 e. The highest BCUT2D eigenvalue weighted by Crippen LogP contribution is 2.65. The van der Waals surface area contributed by atoms with Crippen molar-refractivity contribution in [3.63, 3.8) is 0 Å². The molecule has 0 amide bonds. The Kier molecular flexibility index (Phi) is 2.40. The Hall–Kier alpha value is -1.50. The van der Waals surface area contributed by atoms with E-state index in [1.165, 1.54) is 6.07 Å². The van der Waals surface area contributed by atoms with E-state index in [0.717, 1.165) is 0 Å². The van der Waals surface area contributed by atoms with Crippen molar-refractivity contribution in [2.45, 2.75) is 30.1 Å². The molecule has 1 saturated carbocycles. The van der Waals surface area contributed by atoms with Crippen LogP contribution in [0.2, 0.25) is 0 Å². The summed E-state index contributed by atoms with van der Waals surface area (Å²) in [7, 11) is -3.64. The van der Waals surface area contributed by atoms with Gasteiger partial charge in [-0.25, -0.2) is 8.78 Å². The molecular weight excluding hydrogens is 298 g/mol. The van der Waals surface area contributed by atoms with Gasteiger partial charge in [0.25, 0.3) is 15.9 Å². The van der Waals surface area contributed by atoms with Crippen molar-refractivity contribution in [3.8, 4) is 0 Å². The van der Waals surface area contributed by atoms with Crippen LogP contribution < -0.4 is 0 Å². The standard InChI is InChI=1S/C14H14F2N2O2S/c15-14(16)9-13(14)5-7-18(8-6-13)12-10-3-1-2-4-11(10)21(19,20)17-12/h1-4H,5-9H2. The second-order valence-electron chi connectivity index (χ2n) is 6.03. The molecule has 112 valence electrons. The van der Waals surface area contributed by atoms with Crippen molar-refractivity contribution >= 4 is 15.9 Å². The number of benzene rings is 1. The number of hydrogen-bond donors (Lipinski definition) is 0. The Morgan fingerprint density at radius 3 is 2.38 bits per heavy atom. The molecule has 0 atom stereocenters. The number of likely N-dealkylation sites (tertiary alicyclic amines) is 1. The van der Waals surface area contributed by atoms with Gasteiger partial charge in [-0.15, -0.1) is 4.40 Å². The summed E-state index contributed by atoms with van der Waals surface area (Å²) in [6.45, 7) is 0.858. The fourth-order valence-electron chi connectivity index (χ4n) is 3.39. The molecule has 0 radical (unpaired) electrons. The van der Waals surface area contributed by atoms with E-state index in [0.29, 0.717) is 37.3 Å². The zero-order valence-corrected chi connectivity index (χ0v) is 12.0. The maximum atomic E-state index is 13.4. The van der Waals surface area contributed by atoms with Crippen molar-refractivity contribution in [2.75, 3.05) is 13.1 Å². The Morgan fingerprint density at radius 1 is 1.14 bits per heavy atom. The molecule has 1 aromatic carbocycles. The fraction of sp³-hybridized carbons (Fsp3) is 0.500. The number of rotatable bonds is 0. The molecule has 0 bridgehead atoms. The number of alkyl halides is 2. The minimum Gasteiger partial charge on any atom is -0.355 e. The van der Waals surface area contributed by atoms with Gasteiger partial charge in [0.05, 0.1) is 0 Å². The van der Waals surface area contributed by atoms with E-state index in [-0.39, 0.29) is 11.3 Å². The van der Waals surface area contributed by atoms with Gasteiger partial charge in [-0.05, 0) is 25.0 Å². The first-order valence-electron chi connectivity index (χ1n) is 6.92. The van der Waals surface area contributed by atoms with Crippen LogP contribution in [0.1, 0.15) is 24.8 Å². The Morgan fingerprint density at radius 2 is 1.76 bits per heavy atom. The van der Waals surface area contributed by atoms with Gasteiger partial charge in [0, 0.05) is 30.5 Å². The normalized spacial score (nSPS) is 27.3. The predicted molar refractivity (Wildman–Crippen MR) is 73.0 cm³/mol. The van der Waals surface area contributed by atoms with Crippen LogP contribution in [-0.2, 0) is 10.0 Å². The Bertz CT molecular complexity index is 750. The summed E-state index contributed by atoms with van der Waals surface area (Å²) >= 11 is 0. The molecule has 2 heterocycles. The first kappa shape index (κ1) is 13.2. The van der Waals surface area contributed by atoms with Crippen molar-refractivity contribution in [1.29, 1.82) is 0 Å². The third kappa shape index (κ3) is 1.76. The minimum atomic E-state index is -3.64. The molecule has 3 aliphatic rings. The van der Waals surface area contributed by atoms with E-state index in [2.05, 4.69) is 4.40 Å². The van der Waals surface area contributed by atoms with E-state index in [9.17, 15) is 17.2 Å². The molecule has 0 N–H and O–H groups in total. The van der Waals surface area contributed by atoms with E-state index >= 15 is 0 Å². The van der Waals surface area contributed by atoms with E-state index in [1.807, 2.05) is 4.90 Å². The summed E-state index contributed by atoms with van der Waals surface area (Å²) in [5.74, 6) is -2.13. The smallest absolute Gasteiger partial charge is 0.285 e. The maximum Gasteiger partial charge on any atom is 0.285 e. The van der Waals surface area contributed by atoms with Gasteiger partial charge in [-0.1, -0.05) is 12.1 Å². The molecular formula is C14H14F2N2O2S. The molecule has 1 aromatic rings. The summed E-state index contributed by atoms with van der Waals surface area (Å²) < 4.78 is 54.7. The molecule has 1 spiro atoms. The number of sulfonamides is 1. The van der Waals surface area contributed by atoms with Crippen LogP contribution in [0.3, 0.4) is 0 Å². The van der Waals surface area contributed by atoms with Crippen molar-refractivity contribution in [2.24, 2.45) is 9.81 Å². The summed E-state index contributed by atoms with van der Waals surface area (Å²) in [6, 6.07) is 6.66. The van der Waals surface area contributed by atoms with Gasteiger partial charge >= 0.3 is 0 Å². The monoisotopic (exact) mass is 312 g/mol. The summed E-state index contributed by atoms with van der Waals surface area (Å²) in [5, 5.41) is 0. The van der Waals surface area contributed by atoms with Crippen molar-refractivity contribution < 1.29 is 17.2 Å². The highest BCUT2D eigenvalue weighted by molar-refractivity contribution is 7.90. The Balaban J connectivity index is 1.62. The lowest BCUT2D eigenvalue weighted by atomic mass is 9.92. The highest BCUT2D eigenvalue weighted by atomic mass is 32.2. The number of halogens is 2. The van der Waals surface area contributed by atoms with E-state index in [4.69, 9.17) is 0 Å². The molecule has 1 saturated heterocycles. The van der Waals surface area contributed by atoms with Gasteiger partial charge in [0.1, 0.15) is 4.90 Å². The number of hydrogen-bond acceptors (Lipinski definition) is 3. The van der Waals surface area contributed by atoms with Crippen LogP contribution in [-0.4, -0.2) is 38.2 Å². The molecule has 7 heteroatoms. The SMILES string of the molecule is O=S1(=O)N=C(N2CCC3(CC2)CC3(F)F)c2ccccc21. The second-order valence-corrected chi connectivity index (χ2v) is 7.61. The second kappa shape index (κ2) is 3.82. The molecule has 4 nitrogen and oxygen atoms in total. The van der Waals surface area contributed by atoms with Gasteiger partial charge in [-0.3, -0.25) is 0 Å². The third-order valence-corrected chi connectivity index (χ3v) is 6.17. The average molecular weight is 312 g/mol. The third-order valence-electron chi connectivity index (χ3n) is 4.84. The van der Waals surface area contributed by atoms with Crippen molar-refractivity contribution in [3.05, 3.63) is 29.8 Å². The number of nitrogens with zero attached hydrogens (tertiary/aromatic N) is 2. The first-order chi connectivity index (χ1) is 9.85. The van der Waals surface area contributed by atoms with E-state index in [1.54, 1.807) is 18.2 Å². The lowest BCUT2D eigenvalue weighted by Crippen LogP contribution is -2.40. The molecule has 0 unspecified atom stereocenters. The average Bonchev–Trinajstić information content (AvgIpc) is 2.84. The fourth-order valence-corrected chi connectivity index (χ4v) is 4.61. The van der Waals surface area contributed by atoms with E-state index < -0.39 is 21.4 Å². The van der Waals surface area contributed by atoms with Gasteiger partial charge < -0.3 is 4.90 Å². The van der Waals surface area contributed by atoms with Crippen LogP contribution in [0.25, 0.3) is 0 Å². The van der Waals surface area contributed by atoms with Gasteiger partial charge in [0.15, 0.2) is 5.84 Å². The summed E-state index contributed by atoms with van der Waals surface area (Å²) in [5.41, 5.74) is -0.267. The topological polar surface area (TPSA) is 49.7 Å². The Labute approximate surface area is 121 Å². The van der Waals surface area contributed by atoms with Crippen LogP contribution in [0.5, 0.6) is 0 Å². The van der Waals surface area contributed by atoms with Crippen molar-refractivity contribution in [1.82, 2.24) is 4.90 Å². The molecule has 21 heavy (non-hydrogen) atoms. The lowest BCUT2D eigenvalue weighted by Gasteiger charge is -2.33. The van der Waals surface area contributed by atoms with Crippen LogP contribution in [0, 0.1) is 5.41 Å². The molecule has 2 fully saturated rings. The van der Waals surface area contributed by atoms with Gasteiger partial charge in [0.2, 0.25) is 0 Å². The zero-order valence-electron chi connectivity index (χ0n) is 11.2. The minimum absolute atomic E-state index is 0.0325. The summed E-state index contributed by atoms with van der Waals surface area (Å²) in [6.07, 6.45) is 0.748.